The van der Waals surface area contributed by atoms with Gasteiger partial charge in [0.1, 0.15) is 22.3 Å². The molecular formula is C86H84O2S2. The molecule has 4 heteroatoms. The van der Waals surface area contributed by atoms with Gasteiger partial charge in [-0.15, -0.1) is 22.7 Å². The van der Waals surface area contributed by atoms with E-state index in [4.69, 9.17) is 8.83 Å². The summed E-state index contributed by atoms with van der Waals surface area (Å²) in [7, 11) is 0. The van der Waals surface area contributed by atoms with Gasteiger partial charge in [-0.25, -0.2) is 0 Å². The summed E-state index contributed by atoms with van der Waals surface area (Å²) in [6.45, 7) is 33.8. The third-order valence-electron chi connectivity index (χ3n) is 17.5. The van der Waals surface area contributed by atoms with E-state index in [9.17, 15) is 0 Å². The Morgan fingerprint density at radius 1 is 0.222 bits per heavy atom. The van der Waals surface area contributed by atoms with Crippen molar-refractivity contribution >= 4 is 139 Å². The van der Waals surface area contributed by atoms with E-state index in [2.05, 4.69) is 316 Å². The largest absolute Gasteiger partial charge is 0.456 e. The van der Waals surface area contributed by atoms with Gasteiger partial charge >= 0.3 is 0 Å². The first-order chi connectivity index (χ1) is 42.8. The topological polar surface area (TPSA) is 26.3 Å². The molecule has 0 bridgehead atoms. The van der Waals surface area contributed by atoms with Crippen LogP contribution < -0.4 is 0 Å². The Morgan fingerprint density at radius 2 is 0.578 bits per heavy atom. The van der Waals surface area contributed by atoms with Gasteiger partial charge < -0.3 is 8.83 Å². The zero-order chi connectivity index (χ0) is 63.5. The summed E-state index contributed by atoms with van der Waals surface area (Å²) in [5.41, 5.74) is 11.7. The van der Waals surface area contributed by atoms with Gasteiger partial charge in [-0.1, -0.05) is 286 Å². The zero-order valence-electron chi connectivity index (χ0n) is 55.1. The number of para-hydroxylation sites is 3. The van der Waals surface area contributed by atoms with Crippen LogP contribution in [-0.2, 0) is 27.1 Å². The number of benzene rings is 12. The van der Waals surface area contributed by atoms with Crippen molar-refractivity contribution in [3.8, 4) is 0 Å². The minimum atomic E-state index is 0.105. The molecule has 2 nitrogen and oxygen atoms in total. The lowest BCUT2D eigenvalue weighted by Gasteiger charge is -2.20. The fourth-order valence-corrected chi connectivity index (χ4v) is 14.9. The molecule has 0 aliphatic carbocycles. The van der Waals surface area contributed by atoms with Gasteiger partial charge in [0.15, 0.2) is 0 Å². The maximum absolute atomic E-state index is 6.01. The van der Waals surface area contributed by atoms with Crippen LogP contribution in [0.5, 0.6) is 0 Å². The summed E-state index contributed by atoms with van der Waals surface area (Å²) in [5, 5.41) is 18.5. The predicted octanol–water partition coefficient (Wildman–Crippen LogP) is 26.9. The maximum Gasteiger partial charge on any atom is 0.139 e. The van der Waals surface area contributed by atoms with Crippen molar-refractivity contribution in [3.63, 3.8) is 0 Å². The highest BCUT2D eigenvalue weighted by Crippen LogP contribution is 2.42. The normalized spacial score (nSPS) is 12.4. The third-order valence-corrected chi connectivity index (χ3v) is 19.9. The molecule has 4 aromatic heterocycles. The van der Waals surface area contributed by atoms with Gasteiger partial charge in [0, 0.05) is 67.5 Å². The van der Waals surface area contributed by atoms with Gasteiger partial charge in [-0.05, 0) is 136 Å². The fourth-order valence-electron chi connectivity index (χ4n) is 12.4. The van der Waals surface area contributed by atoms with Gasteiger partial charge in [0.2, 0.25) is 0 Å². The van der Waals surface area contributed by atoms with E-state index < -0.39 is 0 Å². The molecule has 0 radical (unpaired) electrons. The number of rotatable bonds is 0. The lowest BCUT2D eigenvalue weighted by atomic mass is 9.84. The Hall–Kier alpha value is -8.54. The highest BCUT2D eigenvalue weighted by molar-refractivity contribution is 7.26. The number of thiophene rings is 2. The van der Waals surface area contributed by atoms with Crippen molar-refractivity contribution < 1.29 is 8.83 Å². The molecule has 12 aromatic carbocycles. The van der Waals surface area contributed by atoms with Gasteiger partial charge in [-0.3, -0.25) is 0 Å². The van der Waals surface area contributed by atoms with Gasteiger partial charge in [0.25, 0.3) is 0 Å². The molecule has 90 heavy (non-hydrogen) atoms. The Bertz CT molecular complexity index is 4970. The molecule has 452 valence electrons. The highest BCUT2D eigenvalue weighted by Gasteiger charge is 2.23. The first-order valence-corrected chi connectivity index (χ1v) is 33.4. The second kappa shape index (κ2) is 24.0. The minimum Gasteiger partial charge on any atom is -0.456 e. The summed E-state index contributed by atoms with van der Waals surface area (Å²) >= 11 is 3.80. The minimum absolute atomic E-state index is 0.105. The number of hydrogen-bond donors (Lipinski definition) is 0. The second-order valence-electron chi connectivity index (χ2n) is 29.3. The van der Waals surface area contributed by atoms with Crippen molar-refractivity contribution in [1.82, 2.24) is 0 Å². The third kappa shape index (κ3) is 12.4. The summed E-state index contributed by atoms with van der Waals surface area (Å²) < 4.78 is 17.4. The SMILES string of the molecule is CC(C)(C)c1ccc2c3ccccc3c3ccccc3c2c1.CC(C)(C)c1ccc2oc3ccccc3c2c1.CC(C)(C)c1ccc2sc3ccccc3c2c1.CC(C)(C)c1cccc2c1oc1ccccc12.CC(C)(C)c1cccc2c1sc1ccccc12. The molecule has 16 aromatic rings. The van der Waals surface area contributed by atoms with Crippen molar-refractivity contribution in [2.45, 2.75) is 131 Å². The van der Waals surface area contributed by atoms with Gasteiger partial charge in [-0.2, -0.15) is 0 Å². The molecule has 0 spiro atoms. The summed E-state index contributed by atoms with van der Waals surface area (Å²) in [6, 6.07) is 84.7. The number of fused-ring (bicyclic) bond motifs is 18. The average Bonchev–Trinajstić information content (AvgIpc) is 1.29. The van der Waals surface area contributed by atoms with E-state index in [1.807, 2.05) is 46.9 Å². The quantitative estimate of drug-likeness (QED) is 0.141. The number of hydrogen-bond acceptors (Lipinski definition) is 4. The lowest BCUT2D eigenvalue weighted by molar-refractivity contribution is 0.573. The van der Waals surface area contributed by atoms with E-state index in [0.29, 0.717) is 0 Å². The molecule has 0 amide bonds. The Labute approximate surface area is 539 Å². The highest BCUT2D eigenvalue weighted by atomic mass is 32.1. The van der Waals surface area contributed by atoms with Crippen LogP contribution in [0.1, 0.15) is 132 Å². The predicted molar refractivity (Wildman–Crippen MR) is 399 cm³/mol. The zero-order valence-corrected chi connectivity index (χ0v) is 56.8. The summed E-state index contributed by atoms with van der Waals surface area (Å²) in [4.78, 5) is 0. The molecule has 0 saturated carbocycles. The van der Waals surface area contributed by atoms with Crippen molar-refractivity contribution in [2.24, 2.45) is 0 Å². The van der Waals surface area contributed by atoms with E-state index >= 15 is 0 Å². The Balaban J connectivity index is 0.000000109. The van der Waals surface area contributed by atoms with Crippen molar-refractivity contribution in [2.75, 3.05) is 0 Å². The Kier molecular flexibility index (Phi) is 16.5. The molecule has 16 rings (SSSR count). The monoisotopic (exact) mass is 1210 g/mol. The Morgan fingerprint density at radius 3 is 1.12 bits per heavy atom. The molecule has 0 fully saturated rings. The van der Waals surface area contributed by atoms with Crippen LogP contribution in [0.15, 0.2) is 245 Å². The van der Waals surface area contributed by atoms with Crippen LogP contribution in [0.2, 0.25) is 0 Å². The number of furan rings is 2. The van der Waals surface area contributed by atoms with Crippen LogP contribution >= 0.6 is 22.7 Å². The van der Waals surface area contributed by atoms with Crippen LogP contribution in [-0.4, -0.2) is 0 Å². The molecule has 0 N–H and O–H groups in total. The van der Waals surface area contributed by atoms with Crippen LogP contribution in [0.4, 0.5) is 0 Å². The van der Waals surface area contributed by atoms with E-state index in [0.717, 1.165) is 22.3 Å². The standard InChI is InChI=1S/C22H20.2C16H16O.2C16H16S/c1-22(2,3)15-12-13-20-18-10-5-4-8-16(18)17-9-6-7-11-19(17)21(20)14-15;1-16(2,3)13-9-6-8-12-11-7-4-5-10-14(11)17-15(12)13;1-16(2,3)11-8-9-15-13(10-11)12-6-4-5-7-14(12)17-15;1-16(2,3)13-9-6-8-12-11-7-4-5-10-14(11)17-15(12)13;1-16(2,3)11-8-9-15-13(10-11)12-6-4-5-7-14(12)17-15/h4-14H,1-3H3;4*4-10H,1-3H3. The van der Waals surface area contributed by atoms with Crippen LogP contribution in [0.3, 0.4) is 0 Å². The summed E-state index contributed by atoms with van der Waals surface area (Å²) in [6.07, 6.45) is 0. The van der Waals surface area contributed by atoms with Crippen molar-refractivity contribution in [3.05, 3.63) is 264 Å². The molecular weight excluding hydrogens is 1130 g/mol. The molecule has 0 unspecified atom stereocenters. The second-order valence-corrected chi connectivity index (χ2v) is 31.4. The van der Waals surface area contributed by atoms with Crippen LogP contribution in [0.25, 0.3) is 117 Å². The fraction of sp³-hybridized carbons (Fsp3) is 0.233. The van der Waals surface area contributed by atoms with E-state index in [-0.39, 0.29) is 27.1 Å². The molecule has 4 heterocycles. The summed E-state index contributed by atoms with van der Waals surface area (Å²) in [5.74, 6) is 0. The smallest absolute Gasteiger partial charge is 0.139 e. The maximum atomic E-state index is 6.01. The first kappa shape index (κ1) is 61.7. The van der Waals surface area contributed by atoms with E-state index in [1.165, 1.54) is 122 Å². The molecule has 0 aliphatic rings. The molecule has 0 aliphatic heterocycles. The van der Waals surface area contributed by atoms with Crippen LogP contribution in [0, 0.1) is 0 Å². The first-order valence-electron chi connectivity index (χ1n) is 31.8. The molecule has 0 saturated heterocycles. The average molecular weight is 1210 g/mol. The lowest BCUT2D eigenvalue weighted by Crippen LogP contribution is -2.10. The van der Waals surface area contributed by atoms with Gasteiger partial charge in [0.05, 0.1) is 0 Å². The molecule has 0 atom stereocenters. The van der Waals surface area contributed by atoms with E-state index in [1.54, 1.807) is 0 Å². The van der Waals surface area contributed by atoms with Crippen molar-refractivity contribution in [1.29, 1.82) is 0 Å².